The molecule has 4 amide bonds. The number of amides is 4. The fourth-order valence-electron chi connectivity index (χ4n) is 2.71. The number of carbonyl (C=O) groups is 3. The summed E-state index contributed by atoms with van der Waals surface area (Å²) in [6.45, 7) is 3.47. The molecule has 0 atom stereocenters. The van der Waals surface area contributed by atoms with Gasteiger partial charge in [-0.25, -0.2) is 9.48 Å². The van der Waals surface area contributed by atoms with Crippen molar-refractivity contribution in [1.82, 2.24) is 20.0 Å². The number of aryl methyl sites for hydroxylation is 1. The van der Waals surface area contributed by atoms with Crippen molar-refractivity contribution in [3.63, 3.8) is 0 Å². The lowest BCUT2D eigenvalue weighted by Gasteiger charge is -2.14. The molecular weight excluding hydrogens is 322 g/mol. The Hall–Kier alpha value is -3.16. The molecule has 1 saturated heterocycles. The van der Waals surface area contributed by atoms with E-state index >= 15 is 0 Å². The number of aromatic nitrogens is 2. The second-order valence-corrected chi connectivity index (χ2v) is 5.71. The molecule has 2 heterocycles. The van der Waals surface area contributed by atoms with Crippen LogP contribution < -0.4 is 10.6 Å². The summed E-state index contributed by atoms with van der Waals surface area (Å²) in [5.74, 6) is -0.323. The zero-order chi connectivity index (χ0) is 18.0. The van der Waals surface area contributed by atoms with Crippen LogP contribution in [0, 0.1) is 6.92 Å². The van der Waals surface area contributed by atoms with E-state index in [0.29, 0.717) is 5.82 Å². The molecule has 3 rings (SSSR count). The Balaban J connectivity index is 1.86. The van der Waals surface area contributed by atoms with E-state index in [9.17, 15) is 14.4 Å². The van der Waals surface area contributed by atoms with Crippen LogP contribution in [0.1, 0.15) is 18.2 Å². The van der Waals surface area contributed by atoms with Crippen LogP contribution in [-0.2, 0) is 16.0 Å². The molecule has 0 spiro atoms. The Labute approximate surface area is 144 Å². The van der Waals surface area contributed by atoms with Crippen LogP contribution in [0.4, 0.5) is 10.6 Å². The van der Waals surface area contributed by atoms with E-state index in [0.717, 1.165) is 28.3 Å². The van der Waals surface area contributed by atoms with Gasteiger partial charge < -0.3 is 10.6 Å². The first-order valence-corrected chi connectivity index (χ1v) is 8.03. The average Bonchev–Trinajstić information content (AvgIpc) is 3.10. The van der Waals surface area contributed by atoms with Gasteiger partial charge in [-0.3, -0.25) is 14.5 Å². The van der Waals surface area contributed by atoms with Gasteiger partial charge in [-0.1, -0.05) is 25.1 Å². The predicted molar refractivity (Wildman–Crippen MR) is 91.4 cm³/mol. The third-order valence-corrected chi connectivity index (χ3v) is 4.05. The summed E-state index contributed by atoms with van der Waals surface area (Å²) in [4.78, 5) is 36.5. The number of rotatable bonds is 5. The number of carbonyl (C=O) groups excluding carboxylic acids is 3. The maximum Gasteiger partial charge on any atom is 0.325 e. The van der Waals surface area contributed by atoms with Crippen molar-refractivity contribution in [1.29, 1.82) is 0 Å². The SMILES string of the molecule is CCc1nn(-c2ccccc2)c(NC(=O)CN2C(=O)CNC2=O)c1C. The molecular formula is C17H19N5O3. The Morgan fingerprint density at radius 1 is 1.28 bits per heavy atom. The van der Waals surface area contributed by atoms with Crippen LogP contribution in [-0.4, -0.2) is 45.6 Å². The van der Waals surface area contributed by atoms with Gasteiger partial charge in [-0.2, -0.15) is 5.10 Å². The molecule has 0 unspecified atom stereocenters. The maximum absolute atomic E-state index is 12.4. The number of anilines is 1. The van der Waals surface area contributed by atoms with Gasteiger partial charge >= 0.3 is 6.03 Å². The van der Waals surface area contributed by atoms with Crippen LogP contribution in [0.15, 0.2) is 30.3 Å². The normalized spacial score (nSPS) is 13.9. The molecule has 1 aliphatic rings. The highest BCUT2D eigenvalue weighted by atomic mass is 16.2. The van der Waals surface area contributed by atoms with E-state index in [-0.39, 0.29) is 13.1 Å². The van der Waals surface area contributed by atoms with Gasteiger partial charge in [0.25, 0.3) is 5.91 Å². The van der Waals surface area contributed by atoms with E-state index in [4.69, 9.17) is 0 Å². The molecule has 0 saturated carbocycles. The Morgan fingerprint density at radius 3 is 2.60 bits per heavy atom. The van der Waals surface area contributed by atoms with E-state index < -0.39 is 17.8 Å². The monoisotopic (exact) mass is 341 g/mol. The highest BCUT2D eigenvalue weighted by molar-refractivity contribution is 6.06. The Bertz CT molecular complexity index is 812. The first kappa shape index (κ1) is 16.7. The van der Waals surface area contributed by atoms with Gasteiger partial charge in [-0.05, 0) is 25.5 Å². The van der Waals surface area contributed by atoms with Crippen molar-refractivity contribution in [3.05, 3.63) is 41.6 Å². The summed E-state index contributed by atoms with van der Waals surface area (Å²) >= 11 is 0. The number of imide groups is 1. The molecule has 1 aliphatic heterocycles. The van der Waals surface area contributed by atoms with Crippen molar-refractivity contribution in [2.75, 3.05) is 18.4 Å². The Kier molecular flexibility index (Phi) is 4.51. The van der Waals surface area contributed by atoms with E-state index in [1.54, 1.807) is 4.68 Å². The summed E-state index contributed by atoms with van der Waals surface area (Å²) in [5.41, 5.74) is 2.54. The summed E-state index contributed by atoms with van der Waals surface area (Å²) in [6.07, 6.45) is 0.724. The summed E-state index contributed by atoms with van der Waals surface area (Å²) in [7, 11) is 0. The van der Waals surface area contributed by atoms with E-state index in [1.165, 1.54) is 0 Å². The fraction of sp³-hybridized carbons (Fsp3) is 0.294. The van der Waals surface area contributed by atoms with Crippen LogP contribution >= 0.6 is 0 Å². The predicted octanol–water partition coefficient (Wildman–Crippen LogP) is 1.23. The lowest BCUT2D eigenvalue weighted by molar-refractivity contribution is -0.128. The first-order chi connectivity index (χ1) is 12.0. The van der Waals surface area contributed by atoms with Gasteiger partial charge in [-0.15, -0.1) is 0 Å². The van der Waals surface area contributed by atoms with Crippen molar-refractivity contribution in [2.45, 2.75) is 20.3 Å². The van der Waals surface area contributed by atoms with Crippen molar-refractivity contribution < 1.29 is 14.4 Å². The van der Waals surface area contributed by atoms with Crippen LogP contribution in [0.2, 0.25) is 0 Å². The number of benzene rings is 1. The molecule has 0 radical (unpaired) electrons. The highest BCUT2D eigenvalue weighted by Crippen LogP contribution is 2.23. The van der Waals surface area contributed by atoms with Crippen molar-refractivity contribution >= 4 is 23.7 Å². The summed E-state index contributed by atoms with van der Waals surface area (Å²) in [5, 5.41) is 9.73. The number of hydrogen-bond acceptors (Lipinski definition) is 4. The van der Waals surface area contributed by atoms with Gasteiger partial charge in [0.15, 0.2) is 0 Å². The Morgan fingerprint density at radius 2 is 2.00 bits per heavy atom. The lowest BCUT2D eigenvalue weighted by Crippen LogP contribution is -2.38. The first-order valence-electron chi connectivity index (χ1n) is 8.03. The smallest absolute Gasteiger partial charge is 0.325 e. The minimum atomic E-state index is -0.553. The highest BCUT2D eigenvalue weighted by Gasteiger charge is 2.30. The molecule has 130 valence electrons. The molecule has 2 aromatic rings. The van der Waals surface area contributed by atoms with Crippen LogP contribution in [0.5, 0.6) is 0 Å². The molecule has 1 aromatic heterocycles. The van der Waals surface area contributed by atoms with Gasteiger partial charge in [0.1, 0.15) is 12.4 Å². The molecule has 2 N–H and O–H groups in total. The van der Waals surface area contributed by atoms with Gasteiger partial charge in [0.05, 0.1) is 17.9 Å². The number of hydrogen-bond donors (Lipinski definition) is 2. The number of urea groups is 1. The van der Waals surface area contributed by atoms with Crippen LogP contribution in [0.25, 0.3) is 5.69 Å². The van der Waals surface area contributed by atoms with E-state index in [2.05, 4.69) is 15.7 Å². The average molecular weight is 341 g/mol. The number of nitrogens with one attached hydrogen (secondary N) is 2. The third-order valence-electron chi connectivity index (χ3n) is 4.05. The molecule has 0 bridgehead atoms. The number of nitrogens with zero attached hydrogens (tertiary/aromatic N) is 3. The van der Waals surface area contributed by atoms with Gasteiger partial charge in [0, 0.05) is 5.56 Å². The lowest BCUT2D eigenvalue weighted by atomic mass is 10.2. The summed E-state index contributed by atoms with van der Waals surface area (Å²) in [6, 6.07) is 8.89. The molecule has 1 aromatic carbocycles. The second-order valence-electron chi connectivity index (χ2n) is 5.71. The van der Waals surface area contributed by atoms with Crippen molar-refractivity contribution in [2.24, 2.45) is 0 Å². The van der Waals surface area contributed by atoms with Gasteiger partial charge in [0.2, 0.25) is 5.91 Å². The molecule has 8 nitrogen and oxygen atoms in total. The number of para-hydroxylation sites is 1. The van der Waals surface area contributed by atoms with E-state index in [1.807, 2.05) is 44.2 Å². The third kappa shape index (κ3) is 3.23. The molecule has 1 fully saturated rings. The summed E-state index contributed by atoms with van der Waals surface area (Å²) < 4.78 is 1.66. The maximum atomic E-state index is 12.4. The minimum Gasteiger partial charge on any atom is -0.329 e. The fourth-order valence-corrected chi connectivity index (χ4v) is 2.71. The standard InChI is InChI=1S/C17H19N5O3/c1-3-13-11(2)16(22(20-13)12-7-5-4-6-8-12)19-14(23)10-21-15(24)9-18-17(21)25/h4-8H,3,9-10H2,1-2H3,(H,18,25)(H,19,23). The molecule has 8 heteroatoms. The molecule has 25 heavy (non-hydrogen) atoms. The van der Waals surface area contributed by atoms with Crippen molar-refractivity contribution in [3.8, 4) is 5.69 Å². The second kappa shape index (κ2) is 6.76. The largest absolute Gasteiger partial charge is 0.329 e. The topological polar surface area (TPSA) is 96.3 Å². The zero-order valence-corrected chi connectivity index (χ0v) is 14.1. The minimum absolute atomic E-state index is 0.0763. The zero-order valence-electron chi connectivity index (χ0n) is 14.1. The molecule has 0 aliphatic carbocycles. The quantitative estimate of drug-likeness (QED) is 0.800. The van der Waals surface area contributed by atoms with Crippen LogP contribution in [0.3, 0.4) is 0 Å².